The zero-order valence-corrected chi connectivity index (χ0v) is 15.9. The van der Waals surface area contributed by atoms with Gasteiger partial charge in [-0.25, -0.2) is 13.1 Å². The van der Waals surface area contributed by atoms with Gasteiger partial charge in [-0.15, -0.1) is 0 Å². The molecular weight excluding hydrogens is 375 g/mol. The second kappa shape index (κ2) is 7.86. The molecule has 136 valence electrons. The summed E-state index contributed by atoms with van der Waals surface area (Å²) in [6.07, 6.45) is -0.739. The standard InChI is InChI=1S/C15H22Cl2N2O4S/c1-10(2)24(21,22)19-9-15(20)8-18-5-6-23-14(15)11-3-4-12(16)13(17)7-11/h3-4,7,10,14,18-20H,5-6,8-9H2,1-2H3/t14-,15+/m1/s1. The van der Waals surface area contributed by atoms with Gasteiger partial charge in [-0.05, 0) is 31.5 Å². The van der Waals surface area contributed by atoms with E-state index in [1.165, 1.54) is 0 Å². The van der Waals surface area contributed by atoms with Crippen LogP contribution in [0.5, 0.6) is 0 Å². The topological polar surface area (TPSA) is 87.7 Å². The van der Waals surface area contributed by atoms with Crippen LogP contribution in [0.3, 0.4) is 0 Å². The highest BCUT2D eigenvalue weighted by Gasteiger charge is 2.41. The summed E-state index contributed by atoms with van der Waals surface area (Å²) >= 11 is 12.0. The summed E-state index contributed by atoms with van der Waals surface area (Å²) in [5, 5.41) is 14.3. The molecule has 0 aromatic heterocycles. The second-order valence-corrected chi connectivity index (χ2v) is 9.26. The fraction of sp³-hybridized carbons (Fsp3) is 0.600. The van der Waals surface area contributed by atoms with Crippen LogP contribution in [0.4, 0.5) is 0 Å². The number of hydrogen-bond donors (Lipinski definition) is 3. The Bertz CT molecular complexity index is 684. The highest BCUT2D eigenvalue weighted by Crippen LogP contribution is 2.34. The number of sulfonamides is 1. The number of nitrogens with one attached hydrogen (secondary N) is 2. The van der Waals surface area contributed by atoms with Crippen LogP contribution in [0.15, 0.2) is 18.2 Å². The summed E-state index contributed by atoms with van der Waals surface area (Å²) < 4.78 is 32.3. The van der Waals surface area contributed by atoms with Crippen molar-refractivity contribution in [3.05, 3.63) is 33.8 Å². The van der Waals surface area contributed by atoms with Gasteiger partial charge < -0.3 is 15.2 Å². The van der Waals surface area contributed by atoms with E-state index in [0.29, 0.717) is 28.8 Å². The van der Waals surface area contributed by atoms with Crippen LogP contribution in [0.2, 0.25) is 10.0 Å². The monoisotopic (exact) mass is 396 g/mol. The molecule has 0 unspecified atom stereocenters. The number of hydrogen-bond acceptors (Lipinski definition) is 5. The van der Waals surface area contributed by atoms with E-state index >= 15 is 0 Å². The Morgan fingerprint density at radius 2 is 2.12 bits per heavy atom. The van der Waals surface area contributed by atoms with Crippen molar-refractivity contribution in [2.45, 2.75) is 30.8 Å². The first-order chi connectivity index (χ1) is 11.2. The predicted molar refractivity (Wildman–Crippen MR) is 95.0 cm³/mol. The molecule has 9 heteroatoms. The van der Waals surface area contributed by atoms with Crippen LogP contribution >= 0.6 is 23.2 Å². The van der Waals surface area contributed by atoms with Gasteiger partial charge in [-0.2, -0.15) is 0 Å². The highest BCUT2D eigenvalue weighted by atomic mass is 35.5. The smallest absolute Gasteiger partial charge is 0.214 e. The van der Waals surface area contributed by atoms with E-state index < -0.39 is 27.0 Å². The molecule has 3 N–H and O–H groups in total. The molecule has 0 radical (unpaired) electrons. The molecule has 1 saturated heterocycles. The van der Waals surface area contributed by atoms with Gasteiger partial charge in [0.2, 0.25) is 10.0 Å². The molecule has 2 rings (SSSR count). The van der Waals surface area contributed by atoms with Crippen molar-refractivity contribution in [3.8, 4) is 0 Å². The van der Waals surface area contributed by atoms with Gasteiger partial charge in [0.25, 0.3) is 0 Å². The fourth-order valence-corrected chi connectivity index (χ4v) is 3.52. The van der Waals surface area contributed by atoms with Gasteiger partial charge in [0.05, 0.1) is 21.9 Å². The molecule has 1 fully saturated rings. The van der Waals surface area contributed by atoms with Crippen molar-refractivity contribution < 1.29 is 18.3 Å². The summed E-state index contributed by atoms with van der Waals surface area (Å²) in [6, 6.07) is 4.97. The fourth-order valence-electron chi connectivity index (χ4n) is 2.43. The zero-order chi connectivity index (χ0) is 18.0. The van der Waals surface area contributed by atoms with Gasteiger partial charge in [-0.1, -0.05) is 29.3 Å². The molecule has 1 aromatic rings. The zero-order valence-electron chi connectivity index (χ0n) is 13.6. The maximum Gasteiger partial charge on any atom is 0.214 e. The van der Waals surface area contributed by atoms with Gasteiger partial charge in [-0.3, -0.25) is 0 Å². The Hall–Kier alpha value is -0.410. The number of rotatable bonds is 5. The van der Waals surface area contributed by atoms with Crippen molar-refractivity contribution in [2.24, 2.45) is 0 Å². The molecule has 24 heavy (non-hydrogen) atoms. The first-order valence-electron chi connectivity index (χ1n) is 7.64. The molecule has 0 aliphatic carbocycles. The van der Waals surface area contributed by atoms with E-state index in [1.807, 2.05) is 0 Å². The van der Waals surface area contributed by atoms with Crippen molar-refractivity contribution >= 4 is 33.2 Å². The second-order valence-electron chi connectivity index (χ2n) is 6.12. The summed E-state index contributed by atoms with van der Waals surface area (Å²) in [7, 11) is -3.51. The first kappa shape index (κ1) is 19.9. The normalized spacial score (nSPS) is 25.7. The molecule has 1 aromatic carbocycles. The minimum Gasteiger partial charge on any atom is -0.384 e. The average molecular weight is 397 g/mol. The molecule has 0 bridgehead atoms. The van der Waals surface area contributed by atoms with Crippen LogP contribution in [-0.4, -0.2) is 50.6 Å². The van der Waals surface area contributed by atoms with Gasteiger partial charge in [0, 0.05) is 19.6 Å². The third kappa shape index (κ3) is 4.60. The maximum atomic E-state index is 12.0. The van der Waals surface area contributed by atoms with Gasteiger partial charge >= 0.3 is 0 Å². The van der Waals surface area contributed by atoms with Crippen LogP contribution < -0.4 is 10.0 Å². The number of benzene rings is 1. The molecular formula is C15H22Cl2N2O4S. The Balaban J connectivity index is 2.29. The number of ether oxygens (including phenoxy) is 1. The van der Waals surface area contributed by atoms with E-state index in [2.05, 4.69) is 10.0 Å². The SMILES string of the molecule is CC(C)S(=O)(=O)NC[C@@]1(O)CNCCO[C@@H]1c1ccc(Cl)c(Cl)c1. The summed E-state index contributed by atoms with van der Waals surface area (Å²) in [5.41, 5.74) is -0.824. The molecule has 0 saturated carbocycles. The minimum absolute atomic E-state index is 0.175. The summed E-state index contributed by atoms with van der Waals surface area (Å²) in [5.74, 6) is 0. The quantitative estimate of drug-likeness (QED) is 0.704. The molecule has 0 spiro atoms. The lowest BCUT2D eigenvalue weighted by Crippen LogP contribution is -2.53. The van der Waals surface area contributed by atoms with Crippen LogP contribution in [-0.2, 0) is 14.8 Å². The molecule has 1 aliphatic heterocycles. The molecule has 6 nitrogen and oxygen atoms in total. The van der Waals surface area contributed by atoms with Crippen LogP contribution in [0.1, 0.15) is 25.5 Å². The van der Waals surface area contributed by atoms with Crippen LogP contribution in [0, 0.1) is 0 Å². The molecule has 1 heterocycles. The Kier molecular flexibility index (Phi) is 6.52. The van der Waals surface area contributed by atoms with E-state index in [-0.39, 0.29) is 13.1 Å². The van der Waals surface area contributed by atoms with Gasteiger partial charge in [0.1, 0.15) is 11.7 Å². The number of aliphatic hydroxyl groups is 1. The lowest BCUT2D eigenvalue weighted by Gasteiger charge is -2.34. The van der Waals surface area contributed by atoms with Gasteiger partial charge in [0.15, 0.2) is 0 Å². The van der Waals surface area contributed by atoms with Crippen molar-refractivity contribution in [1.29, 1.82) is 0 Å². The molecule has 2 atom stereocenters. The predicted octanol–water partition coefficient (Wildman–Crippen LogP) is 1.71. The first-order valence-corrected chi connectivity index (χ1v) is 9.94. The Labute approximate surface area is 152 Å². The van der Waals surface area contributed by atoms with Crippen molar-refractivity contribution in [2.75, 3.05) is 26.2 Å². The van der Waals surface area contributed by atoms with Crippen LogP contribution in [0.25, 0.3) is 0 Å². The number of halogens is 2. The largest absolute Gasteiger partial charge is 0.384 e. The Morgan fingerprint density at radius 3 is 2.75 bits per heavy atom. The Morgan fingerprint density at radius 1 is 1.42 bits per heavy atom. The summed E-state index contributed by atoms with van der Waals surface area (Å²) in [4.78, 5) is 0. The van der Waals surface area contributed by atoms with E-state index in [1.54, 1.807) is 32.0 Å². The van der Waals surface area contributed by atoms with E-state index in [4.69, 9.17) is 27.9 Å². The lowest BCUT2D eigenvalue weighted by molar-refractivity contribution is -0.0908. The summed E-state index contributed by atoms with van der Waals surface area (Å²) in [6.45, 7) is 4.08. The third-order valence-corrected chi connectivity index (χ3v) is 6.46. The van der Waals surface area contributed by atoms with E-state index in [0.717, 1.165) is 0 Å². The molecule has 0 amide bonds. The lowest BCUT2D eigenvalue weighted by atomic mass is 9.91. The third-order valence-electron chi connectivity index (χ3n) is 3.93. The average Bonchev–Trinajstić information content (AvgIpc) is 2.70. The van der Waals surface area contributed by atoms with Crippen molar-refractivity contribution in [3.63, 3.8) is 0 Å². The highest BCUT2D eigenvalue weighted by molar-refractivity contribution is 7.90. The minimum atomic E-state index is -3.51. The number of β-amino-alcohol motifs (C(OH)–C–C–N with tert-alkyl or cyclic N) is 1. The van der Waals surface area contributed by atoms with Crippen molar-refractivity contribution in [1.82, 2.24) is 10.0 Å². The molecule has 1 aliphatic rings. The van der Waals surface area contributed by atoms with E-state index in [9.17, 15) is 13.5 Å². The maximum absolute atomic E-state index is 12.0.